The van der Waals surface area contributed by atoms with E-state index in [0.717, 1.165) is 22.9 Å². The van der Waals surface area contributed by atoms with Crippen LogP contribution in [-0.2, 0) is 9.53 Å². The molecule has 2 rings (SSSR count). The van der Waals surface area contributed by atoms with Gasteiger partial charge in [-0.05, 0) is 31.0 Å². The van der Waals surface area contributed by atoms with Crippen molar-refractivity contribution >= 4 is 27.9 Å². The Morgan fingerprint density at radius 1 is 1.41 bits per heavy atom. The number of esters is 1. The number of amides is 2. The third-order valence-electron chi connectivity index (χ3n) is 3.40. The van der Waals surface area contributed by atoms with Gasteiger partial charge in [-0.1, -0.05) is 41.4 Å². The Hall–Kier alpha value is -1.82. The van der Waals surface area contributed by atoms with E-state index in [0.29, 0.717) is 17.9 Å². The first-order valence-electron chi connectivity index (χ1n) is 7.23. The minimum atomic E-state index is -0.514. The van der Waals surface area contributed by atoms with Gasteiger partial charge in [0.1, 0.15) is 0 Å². The van der Waals surface area contributed by atoms with E-state index in [4.69, 9.17) is 4.74 Å². The van der Waals surface area contributed by atoms with Crippen molar-refractivity contribution in [2.24, 2.45) is 0 Å². The van der Waals surface area contributed by atoms with E-state index < -0.39 is 12.0 Å². The quantitative estimate of drug-likeness (QED) is 0.619. The Labute approximate surface area is 138 Å². The maximum atomic E-state index is 12.4. The lowest BCUT2D eigenvalue weighted by Gasteiger charge is -2.28. The molecular weight excluding hydrogens is 348 g/mol. The standard InChI is InChI=1S/C16H19BrN2O3/c1-3-4-8-22-15(20)13-10(2)18-16(21)19-14(13)11-6-5-7-12(17)9-11/h5-7,9,14H,3-4,8H2,1-2H3,(H2,18,19,21)/t14-/m1/s1. The van der Waals surface area contributed by atoms with Crippen molar-refractivity contribution in [3.63, 3.8) is 0 Å². The van der Waals surface area contributed by atoms with Crippen molar-refractivity contribution in [2.45, 2.75) is 32.7 Å². The van der Waals surface area contributed by atoms with Crippen LogP contribution < -0.4 is 10.6 Å². The summed E-state index contributed by atoms with van der Waals surface area (Å²) in [5, 5.41) is 5.41. The maximum absolute atomic E-state index is 12.4. The molecule has 1 aromatic rings. The fourth-order valence-corrected chi connectivity index (χ4v) is 2.70. The van der Waals surface area contributed by atoms with E-state index in [1.165, 1.54) is 0 Å². The molecule has 0 saturated heterocycles. The summed E-state index contributed by atoms with van der Waals surface area (Å²) in [5.41, 5.74) is 1.79. The zero-order valence-corrected chi connectivity index (χ0v) is 14.2. The van der Waals surface area contributed by atoms with Gasteiger partial charge < -0.3 is 15.4 Å². The van der Waals surface area contributed by atoms with Crippen molar-refractivity contribution in [1.82, 2.24) is 10.6 Å². The van der Waals surface area contributed by atoms with Gasteiger partial charge in [-0.15, -0.1) is 0 Å². The number of halogens is 1. The summed E-state index contributed by atoms with van der Waals surface area (Å²) in [6.07, 6.45) is 1.77. The molecule has 1 heterocycles. The van der Waals surface area contributed by atoms with Crippen LogP contribution in [0.5, 0.6) is 0 Å². The molecular formula is C16H19BrN2O3. The maximum Gasteiger partial charge on any atom is 0.338 e. The SMILES string of the molecule is CCCCOC(=O)C1=C(C)NC(=O)N[C@@H]1c1cccc(Br)c1. The summed E-state index contributed by atoms with van der Waals surface area (Å²) < 4.78 is 6.19. The minimum Gasteiger partial charge on any atom is -0.462 e. The normalized spacial score (nSPS) is 17.8. The number of urea groups is 1. The number of carbonyl (C=O) groups is 2. The van der Waals surface area contributed by atoms with Gasteiger partial charge in [0, 0.05) is 10.2 Å². The van der Waals surface area contributed by atoms with Crippen LogP contribution in [0, 0.1) is 0 Å². The average molecular weight is 367 g/mol. The summed E-state index contributed by atoms with van der Waals surface area (Å²) in [4.78, 5) is 24.1. The Kier molecular flexibility index (Phi) is 5.60. The monoisotopic (exact) mass is 366 g/mol. The molecule has 5 nitrogen and oxygen atoms in total. The van der Waals surface area contributed by atoms with E-state index in [1.54, 1.807) is 6.92 Å². The lowest BCUT2D eigenvalue weighted by molar-refractivity contribution is -0.139. The minimum absolute atomic E-state index is 0.326. The van der Waals surface area contributed by atoms with Gasteiger partial charge in [-0.2, -0.15) is 0 Å². The number of ether oxygens (including phenoxy) is 1. The van der Waals surface area contributed by atoms with E-state index in [9.17, 15) is 9.59 Å². The lowest BCUT2D eigenvalue weighted by Crippen LogP contribution is -2.45. The Bertz CT molecular complexity index is 613. The Morgan fingerprint density at radius 2 is 2.18 bits per heavy atom. The highest BCUT2D eigenvalue weighted by Crippen LogP contribution is 2.29. The second kappa shape index (κ2) is 7.45. The highest BCUT2D eigenvalue weighted by molar-refractivity contribution is 9.10. The van der Waals surface area contributed by atoms with Crippen molar-refractivity contribution in [2.75, 3.05) is 6.61 Å². The number of unbranched alkanes of at least 4 members (excludes halogenated alkanes) is 1. The topological polar surface area (TPSA) is 67.4 Å². The first kappa shape index (κ1) is 16.5. The van der Waals surface area contributed by atoms with Crippen molar-refractivity contribution in [3.8, 4) is 0 Å². The van der Waals surface area contributed by atoms with Crippen LogP contribution in [-0.4, -0.2) is 18.6 Å². The van der Waals surface area contributed by atoms with Crippen LogP contribution in [0.25, 0.3) is 0 Å². The molecule has 1 atom stereocenters. The molecule has 0 spiro atoms. The van der Waals surface area contributed by atoms with Crippen LogP contribution >= 0.6 is 15.9 Å². The summed E-state index contributed by atoms with van der Waals surface area (Å²) in [6, 6.07) is 6.66. The molecule has 118 valence electrons. The fourth-order valence-electron chi connectivity index (χ4n) is 2.29. The number of hydrogen-bond donors (Lipinski definition) is 2. The molecule has 0 fully saturated rings. The predicted molar refractivity (Wildman–Crippen MR) is 87.1 cm³/mol. The largest absolute Gasteiger partial charge is 0.462 e. The molecule has 0 radical (unpaired) electrons. The molecule has 6 heteroatoms. The highest BCUT2D eigenvalue weighted by atomic mass is 79.9. The van der Waals surface area contributed by atoms with Gasteiger partial charge >= 0.3 is 12.0 Å². The molecule has 0 saturated carbocycles. The summed E-state index contributed by atoms with van der Waals surface area (Å²) in [6.45, 7) is 4.12. The zero-order valence-electron chi connectivity index (χ0n) is 12.6. The number of nitrogens with one attached hydrogen (secondary N) is 2. The molecule has 1 aliphatic heterocycles. The second-order valence-corrected chi connectivity index (χ2v) is 6.03. The molecule has 2 N–H and O–H groups in total. The van der Waals surface area contributed by atoms with Crippen molar-refractivity contribution in [3.05, 3.63) is 45.6 Å². The average Bonchev–Trinajstić information content (AvgIpc) is 2.46. The first-order valence-corrected chi connectivity index (χ1v) is 8.03. The third kappa shape index (κ3) is 3.88. The lowest BCUT2D eigenvalue weighted by atomic mass is 9.96. The van der Waals surface area contributed by atoms with Gasteiger partial charge in [0.2, 0.25) is 0 Å². The zero-order chi connectivity index (χ0) is 16.1. The summed E-state index contributed by atoms with van der Waals surface area (Å²) >= 11 is 3.41. The van der Waals surface area contributed by atoms with Crippen LogP contribution in [0.2, 0.25) is 0 Å². The molecule has 22 heavy (non-hydrogen) atoms. The molecule has 2 amide bonds. The number of hydrogen-bond acceptors (Lipinski definition) is 3. The summed E-state index contributed by atoms with van der Waals surface area (Å²) in [5.74, 6) is -0.400. The van der Waals surface area contributed by atoms with E-state index in [-0.39, 0.29) is 6.03 Å². The van der Waals surface area contributed by atoms with Crippen LogP contribution in [0.1, 0.15) is 38.3 Å². The predicted octanol–water partition coefficient (Wildman–Crippen LogP) is 3.42. The van der Waals surface area contributed by atoms with Crippen LogP contribution in [0.4, 0.5) is 4.79 Å². The first-order chi connectivity index (χ1) is 10.5. The smallest absolute Gasteiger partial charge is 0.338 e. The molecule has 0 aromatic heterocycles. The van der Waals surface area contributed by atoms with E-state index in [1.807, 2.05) is 31.2 Å². The third-order valence-corrected chi connectivity index (χ3v) is 3.90. The van der Waals surface area contributed by atoms with Gasteiger partial charge in [-0.3, -0.25) is 0 Å². The van der Waals surface area contributed by atoms with Gasteiger partial charge in [0.25, 0.3) is 0 Å². The van der Waals surface area contributed by atoms with Gasteiger partial charge in [0.15, 0.2) is 0 Å². The van der Waals surface area contributed by atoms with E-state index >= 15 is 0 Å². The Balaban J connectivity index is 2.30. The molecule has 1 aromatic carbocycles. The van der Waals surface area contributed by atoms with Crippen molar-refractivity contribution < 1.29 is 14.3 Å². The van der Waals surface area contributed by atoms with E-state index in [2.05, 4.69) is 26.6 Å². The fraction of sp³-hybridized carbons (Fsp3) is 0.375. The van der Waals surface area contributed by atoms with Crippen LogP contribution in [0.3, 0.4) is 0 Å². The second-order valence-electron chi connectivity index (χ2n) is 5.11. The number of benzene rings is 1. The van der Waals surface area contributed by atoms with Gasteiger partial charge in [-0.25, -0.2) is 9.59 Å². The molecule has 1 aliphatic rings. The number of allylic oxidation sites excluding steroid dienone is 1. The number of carbonyl (C=O) groups excluding carboxylic acids is 2. The number of rotatable bonds is 5. The van der Waals surface area contributed by atoms with Crippen LogP contribution in [0.15, 0.2) is 40.0 Å². The highest BCUT2D eigenvalue weighted by Gasteiger charge is 2.32. The molecule has 0 bridgehead atoms. The molecule has 0 aliphatic carbocycles. The van der Waals surface area contributed by atoms with Crippen molar-refractivity contribution in [1.29, 1.82) is 0 Å². The summed E-state index contributed by atoms with van der Waals surface area (Å²) in [7, 11) is 0. The van der Waals surface area contributed by atoms with Gasteiger partial charge in [0.05, 0.1) is 18.2 Å². The Morgan fingerprint density at radius 3 is 2.86 bits per heavy atom. The molecule has 0 unspecified atom stereocenters.